The Bertz CT molecular complexity index is 228. The van der Waals surface area contributed by atoms with Crippen molar-refractivity contribution in [3.63, 3.8) is 0 Å². The Kier molecular flexibility index (Phi) is 15.5. The standard InChI is InChI=1S/C19H39NO/c1-4-6-8-10-11-13-15-19(14-12-9-7-5-2)16-17-20-18(3)21/h19H,4-17H2,1-3H3,(H,20,21). The van der Waals surface area contributed by atoms with Crippen molar-refractivity contribution in [3.8, 4) is 0 Å². The molecular weight excluding hydrogens is 258 g/mol. The van der Waals surface area contributed by atoms with E-state index in [9.17, 15) is 4.79 Å². The number of unbranched alkanes of at least 4 members (excludes halogenated alkanes) is 8. The van der Waals surface area contributed by atoms with Gasteiger partial charge < -0.3 is 5.32 Å². The third kappa shape index (κ3) is 15.7. The van der Waals surface area contributed by atoms with Crippen LogP contribution in [-0.2, 0) is 4.79 Å². The molecule has 126 valence electrons. The lowest BCUT2D eigenvalue weighted by Crippen LogP contribution is -2.23. The summed E-state index contributed by atoms with van der Waals surface area (Å²) in [6.45, 7) is 7.02. The highest BCUT2D eigenvalue weighted by Crippen LogP contribution is 2.21. The number of hydrogen-bond acceptors (Lipinski definition) is 1. The molecule has 1 unspecified atom stereocenters. The first-order valence-electron chi connectivity index (χ1n) is 9.45. The Morgan fingerprint density at radius 3 is 1.76 bits per heavy atom. The van der Waals surface area contributed by atoms with Gasteiger partial charge in [0, 0.05) is 13.5 Å². The Balaban J connectivity index is 3.74. The maximum atomic E-state index is 11.0. The van der Waals surface area contributed by atoms with Crippen molar-refractivity contribution in [3.05, 3.63) is 0 Å². The maximum Gasteiger partial charge on any atom is 0.216 e. The molecule has 1 amide bonds. The van der Waals surface area contributed by atoms with E-state index in [-0.39, 0.29) is 5.91 Å². The first kappa shape index (κ1) is 20.5. The summed E-state index contributed by atoms with van der Waals surface area (Å²) in [5, 5.41) is 2.96. The van der Waals surface area contributed by atoms with Gasteiger partial charge in [-0.1, -0.05) is 90.9 Å². The Hall–Kier alpha value is -0.530. The zero-order valence-electron chi connectivity index (χ0n) is 14.9. The van der Waals surface area contributed by atoms with E-state index >= 15 is 0 Å². The van der Waals surface area contributed by atoms with Crippen LogP contribution in [0.1, 0.15) is 104 Å². The molecule has 0 aliphatic rings. The quantitative estimate of drug-likeness (QED) is 0.377. The minimum absolute atomic E-state index is 0.110. The van der Waals surface area contributed by atoms with Gasteiger partial charge in [-0.2, -0.15) is 0 Å². The first-order valence-corrected chi connectivity index (χ1v) is 9.45. The summed E-state index contributed by atoms with van der Waals surface area (Å²) in [7, 11) is 0. The molecule has 0 fully saturated rings. The topological polar surface area (TPSA) is 29.1 Å². The lowest BCUT2D eigenvalue weighted by Gasteiger charge is -2.17. The molecule has 0 rings (SSSR count). The van der Waals surface area contributed by atoms with Gasteiger partial charge in [-0.3, -0.25) is 4.79 Å². The molecule has 0 heterocycles. The zero-order chi connectivity index (χ0) is 15.8. The molecule has 0 radical (unpaired) electrons. The highest BCUT2D eigenvalue weighted by molar-refractivity contribution is 5.72. The summed E-state index contributed by atoms with van der Waals surface area (Å²) >= 11 is 0. The van der Waals surface area contributed by atoms with Crippen LogP contribution >= 0.6 is 0 Å². The van der Waals surface area contributed by atoms with Crippen LogP contribution in [0.4, 0.5) is 0 Å². The average Bonchev–Trinajstić information content (AvgIpc) is 2.46. The van der Waals surface area contributed by atoms with E-state index in [2.05, 4.69) is 19.2 Å². The van der Waals surface area contributed by atoms with Crippen LogP contribution in [0.2, 0.25) is 0 Å². The molecule has 2 nitrogen and oxygen atoms in total. The number of rotatable bonds is 15. The summed E-state index contributed by atoms with van der Waals surface area (Å²) in [6.07, 6.45) is 17.6. The Labute approximate surface area is 133 Å². The van der Waals surface area contributed by atoms with Crippen molar-refractivity contribution in [2.75, 3.05) is 6.54 Å². The van der Waals surface area contributed by atoms with Gasteiger partial charge in [0.05, 0.1) is 0 Å². The Morgan fingerprint density at radius 1 is 0.762 bits per heavy atom. The molecule has 0 aliphatic heterocycles. The van der Waals surface area contributed by atoms with Crippen LogP contribution in [0.5, 0.6) is 0 Å². The van der Waals surface area contributed by atoms with E-state index in [0.29, 0.717) is 0 Å². The van der Waals surface area contributed by atoms with E-state index in [1.165, 1.54) is 83.5 Å². The second-order valence-corrected chi connectivity index (χ2v) is 6.54. The van der Waals surface area contributed by atoms with E-state index in [1.807, 2.05) is 0 Å². The third-order valence-corrected chi connectivity index (χ3v) is 4.36. The van der Waals surface area contributed by atoms with Crippen LogP contribution in [0.15, 0.2) is 0 Å². The normalized spacial score (nSPS) is 12.3. The van der Waals surface area contributed by atoms with Crippen LogP contribution in [0, 0.1) is 5.92 Å². The van der Waals surface area contributed by atoms with Crippen molar-refractivity contribution >= 4 is 5.91 Å². The van der Waals surface area contributed by atoms with Gasteiger partial charge >= 0.3 is 0 Å². The Morgan fingerprint density at radius 2 is 1.24 bits per heavy atom. The summed E-state index contributed by atoms with van der Waals surface area (Å²) < 4.78 is 0. The van der Waals surface area contributed by atoms with Crippen molar-refractivity contribution in [2.45, 2.75) is 104 Å². The van der Waals surface area contributed by atoms with E-state index < -0.39 is 0 Å². The predicted octanol–water partition coefficient (Wildman–Crippen LogP) is 5.85. The summed E-state index contributed by atoms with van der Waals surface area (Å²) in [5.74, 6) is 0.930. The number of carbonyl (C=O) groups excluding carboxylic acids is 1. The molecule has 0 aliphatic carbocycles. The molecule has 0 saturated heterocycles. The molecular formula is C19H39NO. The summed E-state index contributed by atoms with van der Waals surface area (Å²) in [5.41, 5.74) is 0. The molecule has 0 aromatic carbocycles. The second kappa shape index (κ2) is 15.9. The SMILES string of the molecule is CCCCCCCCC(CCCCCC)CCNC(C)=O. The fourth-order valence-electron chi connectivity index (χ4n) is 2.96. The highest BCUT2D eigenvalue weighted by Gasteiger charge is 2.08. The highest BCUT2D eigenvalue weighted by atomic mass is 16.1. The molecule has 0 spiro atoms. The minimum Gasteiger partial charge on any atom is -0.356 e. The minimum atomic E-state index is 0.110. The van der Waals surface area contributed by atoms with Crippen LogP contribution in [-0.4, -0.2) is 12.5 Å². The molecule has 0 aromatic rings. The summed E-state index contributed by atoms with van der Waals surface area (Å²) in [4.78, 5) is 11.0. The first-order chi connectivity index (χ1) is 10.2. The van der Waals surface area contributed by atoms with Crippen LogP contribution in [0.3, 0.4) is 0 Å². The van der Waals surface area contributed by atoms with Gasteiger partial charge in [0.1, 0.15) is 0 Å². The molecule has 1 N–H and O–H groups in total. The molecule has 0 bridgehead atoms. The van der Waals surface area contributed by atoms with Gasteiger partial charge in [0.25, 0.3) is 0 Å². The second-order valence-electron chi connectivity index (χ2n) is 6.54. The molecule has 0 saturated carbocycles. The van der Waals surface area contributed by atoms with E-state index in [1.54, 1.807) is 6.92 Å². The zero-order valence-corrected chi connectivity index (χ0v) is 14.9. The van der Waals surface area contributed by atoms with Gasteiger partial charge in [0.15, 0.2) is 0 Å². The fourth-order valence-corrected chi connectivity index (χ4v) is 2.96. The monoisotopic (exact) mass is 297 g/mol. The van der Waals surface area contributed by atoms with Gasteiger partial charge in [-0.05, 0) is 12.3 Å². The number of nitrogens with one attached hydrogen (secondary N) is 1. The maximum absolute atomic E-state index is 11.0. The average molecular weight is 298 g/mol. The van der Waals surface area contributed by atoms with Crippen LogP contribution < -0.4 is 5.32 Å². The molecule has 0 aromatic heterocycles. The van der Waals surface area contributed by atoms with Crippen molar-refractivity contribution < 1.29 is 4.79 Å². The lowest BCUT2D eigenvalue weighted by atomic mass is 9.91. The number of hydrogen-bond donors (Lipinski definition) is 1. The fraction of sp³-hybridized carbons (Fsp3) is 0.947. The smallest absolute Gasteiger partial charge is 0.216 e. The van der Waals surface area contributed by atoms with Gasteiger partial charge in [0.2, 0.25) is 5.91 Å². The van der Waals surface area contributed by atoms with Gasteiger partial charge in [-0.25, -0.2) is 0 Å². The molecule has 21 heavy (non-hydrogen) atoms. The molecule has 2 heteroatoms. The number of carbonyl (C=O) groups is 1. The number of amides is 1. The third-order valence-electron chi connectivity index (χ3n) is 4.36. The van der Waals surface area contributed by atoms with Gasteiger partial charge in [-0.15, -0.1) is 0 Å². The van der Waals surface area contributed by atoms with Crippen molar-refractivity contribution in [2.24, 2.45) is 5.92 Å². The lowest BCUT2D eigenvalue weighted by molar-refractivity contribution is -0.119. The van der Waals surface area contributed by atoms with Crippen molar-refractivity contribution in [1.29, 1.82) is 0 Å². The van der Waals surface area contributed by atoms with E-state index in [4.69, 9.17) is 0 Å². The van der Waals surface area contributed by atoms with Crippen LogP contribution in [0.25, 0.3) is 0 Å². The largest absolute Gasteiger partial charge is 0.356 e. The van der Waals surface area contributed by atoms with E-state index in [0.717, 1.165) is 12.5 Å². The molecule has 1 atom stereocenters. The predicted molar refractivity (Wildman–Crippen MR) is 93.5 cm³/mol. The summed E-state index contributed by atoms with van der Waals surface area (Å²) in [6, 6.07) is 0. The van der Waals surface area contributed by atoms with Crippen molar-refractivity contribution in [1.82, 2.24) is 5.32 Å².